The van der Waals surface area contributed by atoms with Crippen LogP contribution < -0.4 is 20.3 Å². The molecule has 7 heteroatoms. The van der Waals surface area contributed by atoms with Gasteiger partial charge in [0.05, 0.1) is 30.2 Å². The Kier molecular flexibility index (Phi) is 3.68. The average molecular weight is 339 g/mol. The van der Waals surface area contributed by atoms with E-state index in [4.69, 9.17) is 9.47 Å². The first-order valence-electron chi connectivity index (χ1n) is 8.01. The van der Waals surface area contributed by atoms with E-state index in [1.165, 1.54) is 11.8 Å². The molecule has 0 radical (unpaired) electrons. The molecule has 4 rings (SSSR count). The van der Waals surface area contributed by atoms with Crippen LogP contribution in [0.15, 0.2) is 42.5 Å². The van der Waals surface area contributed by atoms with Crippen molar-refractivity contribution >= 4 is 29.1 Å². The van der Waals surface area contributed by atoms with E-state index >= 15 is 0 Å². The molecule has 2 aliphatic heterocycles. The molecule has 0 aliphatic carbocycles. The quantitative estimate of drug-likeness (QED) is 0.767. The van der Waals surface area contributed by atoms with Gasteiger partial charge in [-0.05, 0) is 24.3 Å². The van der Waals surface area contributed by atoms with Crippen LogP contribution in [-0.4, -0.2) is 31.2 Å². The highest BCUT2D eigenvalue weighted by Crippen LogP contribution is 2.43. The Morgan fingerprint density at radius 2 is 2.04 bits per heavy atom. The number of nitrogens with zero attached hydrogens (tertiary/aromatic N) is 1. The number of nitrogens with one attached hydrogen (secondary N) is 2. The third kappa shape index (κ3) is 2.96. The van der Waals surface area contributed by atoms with Gasteiger partial charge in [-0.25, -0.2) is 4.79 Å². The minimum absolute atomic E-state index is 0.151. The van der Waals surface area contributed by atoms with Crippen molar-refractivity contribution in [3.05, 3.63) is 42.5 Å². The maximum Gasteiger partial charge on any atom is 0.414 e. The van der Waals surface area contributed by atoms with Crippen LogP contribution in [0, 0.1) is 0 Å². The summed E-state index contributed by atoms with van der Waals surface area (Å²) in [5.41, 5.74) is 2.43. The van der Waals surface area contributed by atoms with Gasteiger partial charge >= 0.3 is 6.09 Å². The Bertz CT molecular complexity index is 852. The van der Waals surface area contributed by atoms with Gasteiger partial charge in [0.1, 0.15) is 6.10 Å². The number of para-hydroxylation sites is 2. The summed E-state index contributed by atoms with van der Waals surface area (Å²) in [5, 5.41) is 5.97. The summed E-state index contributed by atoms with van der Waals surface area (Å²) in [5.74, 6) is 1.23. The largest absolute Gasteiger partial charge is 0.453 e. The van der Waals surface area contributed by atoms with Crippen molar-refractivity contribution < 1.29 is 19.1 Å². The molecule has 2 aliphatic rings. The van der Waals surface area contributed by atoms with Crippen LogP contribution in [0.3, 0.4) is 0 Å². The zero-order valence-electron chi connectivity index (χ0n) is 13.6. The number of anilines is 3. The fraction of sp³-hybridized carbons (Fsp3) is 0.222. The predicted molar refractivity (Wildman–Crippen MR) is 92.5 cm³/mol. The number of hydrogen-bond acceptors (Lipinski definition) is 5. The number of benzene rings is 2. The first-order chi connectivity index (χ1) is 12.1. The van der Waals surface area contributed by atoms with Crippen LogP contribution in [-0.2, 0) is 9.53 Å². The van der Waals surface area contributed by atoms with E-state index in [9.17, 15) is 9.59 Å². The van der Waals surface area contributed by atoms with Gasteiger partial charge < -0.3 is 20.1 Å². The molecule has 2 aromatic carbocycles. The van der Waals surface area contributed by atoms with E-state index in [-0.39, 0.29) is 12.0 Å². The number of rotatable bonds is 3. The molecular weight excluding hydrogens is 322 g/mol. The molecule has 2 aromatic rings. The molecule has 1 saturated heterocycles. The smallest absolute Gasteiger partial charge is 0.414 e. The second-order valence-corrected chi connectivity index (χ2v) is 5.96. The van der Waals surface area contributed by atoms with Crippen LogP contribution >= 0.6 is 0 Å². The van der Waals surface area contributed by atoms with Gasteiger partial charge in [0, 0.05) is 13.0 Å². The van der Waals surface area contributed by atoms with Gasteiger partial charge in [-0.15, -0.1) is 0 Å². The molecule has 1 atom stereocenters. The number of hydrogen-bond donors (Lipinski definition) is 2. The van der Waals surface area contributed by atoms with Gasteiger partial charge in [-0.2, -0.15) is 0 Å². The Balaban J connectivity index is 1.53. The monoisotopic (exact) mass is 339 g/mol. The minimum atomic E-state index is -0.431. The normalized spacial score (nSPS) is 17.7. The predicted octanol–water partition coefficient (Wildman–Crippen LogP) is 3.00. The lowest BCUT2D eigenvalue weighted by molar-refractivity contribution is -0.119. The highest BCUT2D eigenvalue weighted by Gasteiger charge is 2.33. The standard InChI is InChI=1S/C18H17N3O4/c1-11(22)19-9-13-10-21(18(23)24-13)12-6-7-15-17(8-12)25-16-5-3-2-4-14(16)20-15/h2-8,13,20H,9-10H2,1H3,(H,19,22)/t13-/m0/s1. The summed E-state index contributed by atoms with van der Waals surface area (Å²) in [6, 6.07) is 13.2. The molecule has 0 aromatic heterocycles. The zero-order valence-corrected chi connectivity index (χ0v) is 13.6. The van der Waals surface area contributed by atoms with Gasteiger partial charge in [-0.3, -0.25) is 9.69 Å². The third-order valence-corrected chi connectivity index (χ3v) is 4.11. The first-order valence-corrected chi connectivity index (χ1v) is 8.01. The van der Waals surface area contributed by atoms with Gasteiger partial charge in [-0.1, -0.05) is 12.1 Å². The number of cyclic esters (lactones) is 1. The van der Waals surface area contributed by atoms with E-state index in [0.29, 0.717) is 24.5 Å². The number of carbonyl (C=O) groups is 2. The maximum atomic E-state index is 12.1. The van der Waals surface area contributed by atoms with Crippen LogP contribution in [0.25, 0.3) is 0 Å². The highest BCUT2D eigenvalue weighted by atomic mass is 16.6. The van der Waals surface area contributed by atoms with Crippen molar-refractivity contribution in [2.45, 2.75) is 13.0 Å². The molecule has 2 heterocycles. The SMILES string of the molecule is CC(=O)NC[C@H]1CN(c2ccc3c(c2)Oc2ccccc2N3)C(=O)O1. The Morgan fingerprint density at radius 1 is 1.24 bits per heavy atom. The number of fused-ring (bicyclic) bond motifs is 2. The Morgan fingerprint density at radius 3 is 2.88 bits per heavy atom. The van der Waals surface area contributed by atoms with Crippen LogP contribution in [0.2, 0.25) is 0 Å². The molecule has 1 fully saturated rings. The van der Waals surface area contributed by atoms with Gasteiger partial charge in [0.2, 0.25) is 5.91 Å². The van der Waals surface area contributed by atoms with Crippen LogP contribution in [0.5, 0.6) is 11.5 Å². The topological polar surface area (TPSA) is 79.9 Å². The van der Waals surface area contributed by atoms with Crippen molar-refractivity contribution in [3.8, 4) is 11.5 Å². The lowest BCUT2D eigenvalue weighted by atomic mass is 10.2. The molecule has 7 nitrogen and oxygen atoms in total. The summed E-state index contributed by atoms with van der Waals surface area (Å²) < 4.78 is 11.2. The summed E-state index contributed by atoms with van der Waals surface area (Å²) in [6.07, 6.45) is -0.799. The first kappa shape index (κ1) is 15.3. The summed E-state index contributed by atoms with van der Waals surface area (Å²) in [6.45, 7) is 2.11. The Hall–Kier alpha value is -3.22. The molecule has 2 amide bonds. The second kappa shape index (κ2) is 6.01. The fourth-order valence-electron chi connectivity index (χ4n) is 2.89. The van der Waals surface area contributed by atoms with Crippen molar-refractivity contribution in [1.82, 2.24) is 5.32 Å². The van der Waals surface area contributed by atoms with E-state index in [0.717, 1.165) is 17.1 Å². The van der Waals surface area contributed by atoms with E-state index in [1.807, 2.05) is 36.4 Å². The van der Waals surface area contributed by atoms with E-state index < -0.39 is 6.09 Å². The van der Waals surface area contributed by atoms with Crippen LogP contribution in [0.1, 0.15) is 6.92 Å². The molecule has 0 bridgehead atoms. The Labute approximate surface area is 144 Å². The molecule has 0 unspecified atom stereocenters. The zero-order chi connectivity index (χ0) is 17.4. The van der Waals surface area contributed by atoms with Crippen molar-refractivity contribution in [1.29, 1.82) is 0 Å². The third-order valence-electron chi connectivity index (χ3n) is 4.11. The van der Waals surface area contributed by atoms with Crippen LogP contribution in [0.4, 0.5) is 21.9 Å². The molecule has 128 valence electrons. The number of carbonyl (C=O) groups excluding carboxylic acids is 2. The summed E-state index contributed by atoms with van der Waals surface area (Å²) in [7, 11) is 0. The van der Waals surface area contributed by atoms with Crippen molar-refractivity contribution in [2.24, 2.45) is 0 Å². The fourth-order valence-corrected chi connectivity index (χ4v) is 2.89. The number of amides is 2. The minimum Gasteiger partial charge on any atom is -0.453 e. The van der Waals surface area contributed by atoms with Crippen molar-refractivity contribution in [2.75, 3.05) is 23.3 Å². The number of ether oxygens (including phenoxy) is 2. The lowest BCUT2D eigenvalue weighted by Gasteiger charge is -2.23. The molecule has 0 spiro atoms. The maximum absolute atomic E-state index is 12.1. The van der Waals surface area contributed by atoms with Gasteiger partial charge in [0.15, 0.2) is 11.5 Å². The van der Waals surface area contributed by atoms with Gasteiger partial charge in [0.25, 0.3) is 0 Å². The molecule has 2 N–H and O–H groups in total. The summed E-state index contributed by atoms with van der Waals surface area (Å²) in [4.78, 5) is 24.7. The second-order valence-electron chi connectivity index (χ2n) is 5.96. The molecular formula is C18H17N3O4. The summed E-state index contributed by atoms with van der Waals surface area (Å²) >= 11 is 0. The average Bonchev–Trinajstić information content (AvgIpc) is 2.98. The van der Waals surface area contributed by atoms with E-state index in [2.05, 4.69) is 10.6 Å². The molecule has 0 saturated carbocycles. The molecule has 25 heavy (non-hydrogen) atoms. The van der Waals surface area contributed by atoms with E-state index in [1.54, 1.807) is 6.07 Å². The lowest BCUT2D eigenvalue weighted by Crippen LogP contribution is -2.33. The van der Waals surface area contributed by atoms with Crippen molar-refractivity contribution in [3.63, 3.8) is 0 Å². The highest BCUT2D eigenvalue weighted by molar-refractivity contribution is 5.91.